The van der Waals surface area contributed by atoms with Gasteiger partial charge in [-0.3, -0.25) is 4.79 Å². The fraction of sp³-hybridized carbons (Fsp3) is 0.333. The molecule has 1 aromatic carbocycles. The van der Waals surface area contributed by atoms with E-state index in [1.54, 1.807) is 0 Å². The van der Waals surface area contributed by atoms with Crippen LogP contribution >= 0.6 is 0 Å². The first kappa shape index (κ1) is 14.3. The SMILES string of the molecule is CC1=NN(C(=O)c2ccccc2O)C(O)(C(F)(F)F)C1. The monoisotopic (exact) mass is 288 g/mol. The lowest BCUT2D eigenvalue weighted by molar-refractivity contribution is -0.297. The third-order valence-electron chi connectivity index (χ3n) is 2.90. The summed E-state index contributed by atoms with van der Waals surface area (Å²) in [5.74, 6) is -1.71. The van der Waals surface area contributed by atoms with E-state index in [0.29, 0.717) is 0 Å². The van der Waals surface area contributed by atoms with E-state index in [1.807, 2.05) is 0 Å². The van der Waals surface area contributed by atoms with Crippen molar-refractivity contribution in [1.82, 2.24) is 5.01 Å². The first-order valence-electron chi connectivity index (χ1n) is 5.62. The largest absolute Gasteiger partial charge is 0.507 e. The Labute approximate surface area is 111 Å². The van der Waals surface area contributed by atoms with E-state index >= 15 is 0 Å². The van der Waals surface area contributed by atoms with Gasteiger partial charge in [0.2, 0.25) is 0 Å². The van der Waals surface area contributed by atoms with Crippen molar-refractivity contribution in [2.75, 3.05) is 0 Å². The molecule has 0 saturated carbocycles. The molecule has 0 aromatic heterocycles. The number of hydrogen-bond donors (Lipinski definition) is 2. The second-order valence-corrected chi connectivity index (χ2v) is 4.46. The van der Waals surface area contributed by atoms with Crippen LogP contribution in [0.5, 0.6) is 5.75 Å². The van der Waals surface area contributed by atoms with Crippen molar-refractivity contribution >= 4 is 11.6 Å². The van der Waals surface area contributed by atoms with E-state index in [0.717, 1.165) is 12.1 Å². The summed E-state index contributed by atoms with van der Waals surface area (Å²) in [5.41, 5.74) is -3.79. The third-order valence-corrected chi connectivity index (χ3v) is 2.90. The van der Waals surface area contributed by atoms with Crippen molar-refractivity contribution in [2.45, 2.75) is 25.2 Å². The lowest BCUT2D eigenvalue weighted by Crippen LogP contribution is -2.56. The molecule has 1 aliphatic rings. The molecule has 0 aliphatic carbocycles. The lowest BCUT2D eigenvalue weighted by atomic mass is 10.1. The van der Waals surface area contributed by atoms with Crippen molar-refractivity contribution in [3.63, 3.8) is 0 Å². The number of phenolic OH excluding ortho intramolecular Hbond substituents is 1. The van der Waals surface area contributed by atoms with Gasteiger partial charge in [0.05, 0.1) is 5.56 Å². The maximum atomic E-state index is 13.0. The standard InChI is InChI=1S/C12H11F3N2O3/c1-7-6-11(20,12(13,14)15)17(16-7)10(19)8-4-2-3-5-9(8)18/h2-5,18,20H,6H2,1H3. The molecule has 1 aliphatic heterocycles. The summed E-state index contributed by atoms with van der Waals surface area (Å²) >= 11 is 0. The number of aromatic hydroxyl groups is 1. The van der Waals surface area contributed by atoms with Gasteiger partial charge in [-0.2, -0.15) is 23.3 Å². The number of nitrogens with zero attached hydrogens (tertiary/aromatic N) is 2. The molecule has 5 nitrogen and oxygen atoms in total. The molecule has 1 aromatic rings. The number of hydrazone groups is 1. The number of rotatable bonds is 1. The van der Waals surface area contributed by atoms with Gasteiger partial charge in [0.1, 0.15) is 5.75 Å². The molecule has 1 unspecified atom stereocenters. The number of alkyl halides is 3. The van der Waals surface area contributed by atoms with Gasteiger partial charge < -0.3 is 10.2 Å². The number of carbonyl (C=O) groups excluding carboxylic acids is 1. The first-order chi connectivity index (χ1) is 9.17. The summed E-state index contributed by atoms with van der Waals surface area (Å²) < 4.78 is 38.9. The highest BCUT2D eigenvalue weighted by atomic mass is 19.4. The van der Waals surface area contributed by atoms with Crippen LogP contribution in [0.1, 0.15) is 23.7 Å². The Kier molecular flexibility index (Phi) is 3.21. The number of phenols is 1. The van der Waals surface area contributed by atoms with E-state index < -0.39 is 30.0 Å². The molecule has 0 bridgehead atoms. The summed E-state index contributed by atoms with van der Waals surface area (Å²) in [4.78, 5) is 12.1. The molecule has 108 valence electrons. The first-order valence-corrected chi connectivity index (χ1v) is 5.62. The van der Waals surface area contributed by atoms with Crippen molar-refractivity contribution in [1.29, 1.82) is 0 Å². The predicted molar refractivity (Wildman–Crippen MR) is 63.0 cm³/mol. The highest BCUT2D eigenvalue weighted by Gasteiger charge is 2.62. The fourth-order valence-corrected chi connectivity index (χ4v) is 1.92. The molecule has 20 heavy (non-hydrogen) atoms. The van der Waals surface area contributed by atoms with Crippen LogP contribution in [0.4, 0.5) is 13.2 Å². The van der Waals surface area contributed by atoms with Crippen LogP contribution in [0, 0.1) is 0 Å². The Bertz CT molecular complexity index is 586. The fourth-order valence-electron chi connectivity index (χ4n) is 1.92. The Morgan fingerprint density at radius 3 is 2.55 bits per heavy atom. The van der Waals surface area contributed by atoms with Gasteiger partial charge in [0.25, 0.3) is 11.6 Å². The summed E-state index contributed by atoms with van der Waals surface area (Å²) in [6, 6.07) is 5.11. The van der Waals surface area contributed by atoms with Crippen LogP contribution in [0.3, 0.4) is 0 Å². The van der Waals surface area contributed by atoms with Crippen molar-refractivity contribution in [3.05, 3.63) is 29.8 Å². The topological polar surface area (TPSA) is 73.1 Å². The van der Waals surface area contributed by atoms with E-state index in [-0.39, 0.29) is 16.3 Å². The average Bonchev–Trinajstić information content (AvgIpc) is 2.65. The zero-order valence-electron chi connectivity index (χ0n) is 10.3. The lowest BCUT2D eigenvalue weighted by Gasteiger charge is -2.32. The Balaban J connectivity index is 2.45. The van der Waals surface area contributed by atoms with Gasteiger partial charge in [-0.1, -0.05) is 12.1 Å². The van der Waals surface area contributed by atoms with Gasteiger partial charge in [0.15, 0.2) is 0 Å². The van der Waals surface area contributed by atoms with Gasteiger partial charge in [-0.25, -0.2) is 0 Å². The third kappa shape index (κ3) is 2.11. The number of hydrogen-bond acceptors (Lipinski definition) is 4. The second kappa shape index (κ2) is 4.48. The summed E-state index contributed by atoms with van der Waals surface area (Å²) in [5, 5.41) is 22.7. The number of halogens is 3. The van der Waals surface area contributed by atoms with Crippen molar-refractivity contribution in [2.24, 2.45) is 5.10 Å². The maximum Gasteiger partial charge on any atom is 0.438 e. The number of aliphatic hydroxyl groups is 1. The second-order valence-electron chi connectivity index (χ2n) is 4.46. The molecule has 1 atom stereocenters. The van der Waals surface area contributed by atoms with Crippen LogP contribution in [0.2, 0.25) is 0 Å². The molecule has 0 saturated heterocycles. The summed E-state index contributed by atoms with van der Waals surface area (Å²) in [6.45, 7) is 1.27. The number of para-hydroxylation sites is 1. The predicted octanol–water partition coefficient (Wildman–Crippen LogP) is 1.86. The van der Waals surface area contributed by atoms with Crippen molar-refractivity contribution in [3.8, 4) is 5.75 Å². The van der Waals surface area contributed by atoms with Crippen LogP contribution in [-0.4, -0.2) is 38.7 Å². The van der Waals surface area contributed by atoms with Gasteiger partial charge in [-0.15, -0.1) is 0 Å². The van der Waals surface area contributed by atoms with Gasteiger partial charge >= 0.3 is 6.18 Å². The molecule has 1 amide bonds. The highest BCUT2D eigenvalue weighted by Crippen LogP contribution is 2.41. The quantitative estimate of drug-likeness (QED) is 0.828. The smallest absolute Gasteiger partial charge is 0.438 e. The highest BCUT2D eigenvalue weighted by molar-refractivity contribution is 5.99. The molecule has 2 N–H and O–H groups in total. The number of carbonyl (C=O) groups is 1. The number of amides is 1. The Morgan fingerprint density at radius 2 is 2.00 bits per heavy atom. The molecule has 2 rings (SSSR count). The van der Waals surface area contributed by atoms with Crippen molar-refractivity contribution < 1.29 is 28.2 Å². The molecular weight excluding hydrogens is 277 g/mol. The molecule has 8 heteroatoms. The van der Waals surface area contributed by atoms with E-state index in [2.05, 4.69) is 5.10 Å². The molecule has 0 radical (unpaired) electrons. The minimum absolute atomic E-state index is 0.0304. The van der Waals surface area contributed by atoms with Crippen LogP contribution in [0.15, 0.2) is 29.4 Å². The number of benzene rings is 1. The molecule has 0 fully saturated rings. The van der Waals surface area contributed by atoms with E-state index in [1.165, 1.54) is 19.1 Å². The van der Waals surface area contributed by atoms with E-state index in [4.69, 9.17) is 0 Å². The zero-order valence-corrected chi connectivity index (χ0v) is 10.3. The normalized spacial score (nSPS) is 22.9. The van der Waals surface area contributed by atoms with Crippen LogP contribution in [0.25, 0.3) is 0 Å². The minimum atomic E-state index is -5.06. The average molecular weight is 288 g/mol. The Hall–Kier alpha value is -2.09. The molecular formula is C12H11F3N2O3. The summed E-state index contributed by atoms with van der Waals surface area (Å²) in [7, 11) is 0. The minimum Gasteiger partial charge on any atom is -0.507 e. The van der Waals surface area contributed by atoms with Gasteiger partial charge in [0, 0.05) is 12.1 Å². The van der Waals surface area contributed by atoms with E-state index in [9.17, 15) is 28.2 Å². The molecule has 1 heterocycles. The maximum absolute atomic E-state index is 13.0. The van der Waals surface area contributed by atoms with Crippen LogP contribution in [-0.2, 0) is 0 Å². The molecule has 0 spiro atoms. The zero-order chi connectivity index (χ0) is 15.1. The van der Waals surface area contributed by atoms with Gasteiger partial charge in [-0.05, 0) is 19.1 Å². The van der Waals surface area contributed by atoms with Crippen LogP contribution < -0.4 is 0 Å². The Morgan fingerprint density at radius 1 is 1.40 bits per heavy atom. The summed E-state index contributed by atoms with van der Waals surface area (Å²) in [6.07, 6.45) is -5.88.